The van der Waals surface area contributed by atoms with Gasteiger partial charge in [0.25, 0.3) is 0 Å². The van der Waals surface area contributed by atoms with Crippen molar-refractivity contribution in [2.75, 3.05) is 13.7 Å². The number of rotatable bonds is 6. The Kier molecular flexibility index (Phi) is 4.31. The van der Waals surface area contributed by atoms with Crippen LogP contribution in [0.2, 0.25) is 0 Å². The van der Waals surface area contributed by atoms with Gasteiger partial charge in [-0.15, -0.1) is 0 Å². The third kappa shape index (κ3) is 3.26. The van der Waals surface area contributed by atoms with Gasteiger partial charge in [-0.25, -0.2) is 4.98 Å². The molecule has 0 unspecified atom stereocenters. The Bertz CT molecular complexity index is 1060. The van der Waals surface area contributed by atoms with Crippen LogP contribution in [0.15, 0.2) is 48.7 Å². The molecule has 0 radical (unpaired) electrons. The second kappa shape index (κ2) is 6.92. The van der Waals surface area contributed by atoms with Crippen LogP contribution in [-0.2, 0) is 17.6 Å². The summed E-state index contributed by atoms with van der Waals surface area (Å²) in [5.74, 6) is 1.65. The number of aromatic amines is 2. The molecular weight excluding hydrogens is 328 g/mol. The molecule has 0 saturated heterocycles. The molecule has 0 aliphatic heterocycles. The highest BCUT2D eigenvalue weighted by molar-refractivity contribution is 5.88. The summed E-state index contributed by atoms with van der Waals surface area (Å²) in [6.45, 7) is 0.540. The molecule has 132 valence electrons. The van der Waals surface area contributed by atoms with E-state index in [2.05, 4.69) is 20.3 Å². The van der Waals surface area contributed by atoms with E-state index < -0.39 is 0 Å². The molecule has 2 aromatic carbocycles. The first kappa shape index (κ1) is 16.2. The summed E-state index contributed by atoms with van der Waals surface area (Å²) in [6, 6.07) is 13.7. The van der Waals surface area contributed by atoms with Crippen LogP contribution in [-0.4, -0.2) is 34.5 Å². The third-order valence-electron chi connectivity index (χ3n) is 4.45. The number of H-pyrrole nitrogens is 2. The zero-order chi connectivity index (χ0) is 17.9. The third-order valence-corrected chi connectivity index (χ3v) is 4.45. The standard InChI is InChI=1S/C20H20N4O2/c1-26-14-6-7-17-18(11-14)24-19(23-17)8-9-21-20(25)10-13-12-22-16-5-3-2-4-15(13)16/h2-7,11-12,22H,8-10H2,1H3,(H,21,25)(H,23,24). The molecule has 1 amide bonds. The Morgan fingerprint density at radius 2 is 2.08 bits per heavy atom. The van der Waals surface area contributed by atoms with Gasteiger partial charge < -0.3 is 20.0 Å². The number of carbonyl (C=O) groups excluding carboxylic acids is 1. The van der Waals surface area contributed by atoms with Crippen molar-refractivity contribution in [2.24, 2.45) is 0 Å². The summed E-state index contributed by atoms with van der Waals surface area (Å²) in [6.07, 6.45) is 2.91. The van der Waals surface area contributed by atoms with Crippen LogP contribution in [0, 0.1) is 0 Å². The van der Waals surface area contributed by atoms with Gasteiger partial charge >= 0.3 is 0 Å². The van der Waals surface area contributed by atoms with Gasteiger partial charge in [-0.1, -0.05) is 18.2 Å². The Labute approximate surface area is 150 Å². The molecule has 26 heavy (non-hydrogen) atoms. The Morgan fingerprint density at radius 3 is 2.96 bits per heavy atom. The quantitative estimate of drug-likeness (QED) is 0.501. The second-order valence-electron chi connectivity index (χ2n) is 6.20. The van der Waals surface area contributed by atoms with Crippen LogP contribution in [0.1, 0.15) is 11.4 Å². The van der Waals surface area contributed by atoms with Crippen LogP contribution in [0.5, 0.6) is 5.75 Å². The number of imidazole rings is 1. The predicted octanol–water partition coefficient (Wildman–Crippen LogP) is 2.95. The van der Waals surface area contributed by atoms with Gasteiger partial charge in [-0.2, -0.15) is 0 Å². The molecule has 2 aromatic heterocycles. The maximum absolute atomic E-state index is 12.2. The van der Waals surface area contributed by atoms with Gasteiger partial charge in [0, 0.05) is 36.1 Å². The van der Waals surface area contributed by atoms with Crippen LogP contribution >= 0.6 is 0 Å². The van der Waals surface area contributed by atoms with Gasteiger partial charge in [0.15, 0.2) is 0 Å². The first-order valence-corrected chi connectivity index (χ1v) is 8.57. The number of carbonyl (C=O) groups is 1. The lowest BCUT2D eigenvalue weighted by Gasteiger charge is -2.03. The molecule has 3 N–H and O–H groups in total. The van der Waals surface area contributed by atoms with Crippen molar-refractivity contribution in [3.8, 4) is 5.75 Å². The van der Waals surface area contributed by atoms with Crippen molar-refractivity contribution >= 4 is 27.8 Å². The highest BCUT2D eigenvalue weighted by Gasteiger charge is 2.09. The smallest absolute Gasteiger partial charge is 0.224 e. The largest absolute Gasteiger partial charge is 0.497 e. The summed E-state index contributed by atoms with van der Waals surface area (Å²) < 4.78 is 5.22. The average molecular weight is 348 g/mol. The summed E-state index contributed by atoms with van der Waals surface area (Å²) in [5.41, 5.74) is 3.89. The van der Waals surface area contributed by atoms with Crippen molar-refractivity contribution in [1.82, 2.24) is 20.3 Å². The average Bonchev–Trinajstić information content (AvgIpc) is 3.25. The molecule has 0 atom stereocenters. The molecule has 6 nitrogen and oxygen atoms in total. The number of para-hydroxylation sites is 1. The summed E-state index contributed by atoms with van der Waals surface area (Å²) in [5, 5.41) is 4.06. The number of aromatic nitrogens is 3. The molecule has 0 fully saturated rings. The summed E-state index contributed by atoms with van der Waals surface area (Å²) in [7, 11) is 1.64. The number of methoxy groups -OCH3 is 1. The minimum Gasteiger partial charge on any atom is -0.497 e. The van der Waals surface area contributed by atoms with Crippen molar-refractivity contribution < 1.29 is 9.53 Å². The lowest BCUT2D eigenvalue weighted by molar-refractivity contribution is -0.120. The number of amides is 1. The molecule has 4 rings (SSSR count). The number of ether oxygens (including phenoxy) is 1. The normalized spacial score (nSPS) is 11.1. The van der Waals surface area contributed by atoms with Gasteiger partial charge in [-0.3, -0.25) is 4.79 Å². The first-order valence-electron chi connectivity index (χ1n) is 8.57. The van der Waals surface area contributed by atoms with Gasteiger partial charge in [0.2, 0.25) is 5.91 Å². The monoisotopic (exact) mass is 348 g/mol. The van der Waals surface area contributed by atoms with Crippen LogP contribution in [0.3, 0.4) is 0 Å². The maximum Gasteiger partial charge on any atom is 0.224 e. The van der Waals surface area contributed by atoms with E-state index in [0.717, 1.165) is 39.1 Å². The Morgan fingerprint density at radius 1 is 1.19 bits per heavy atom. The molecular formula is C20H20N4O2. The molecule has 0 spiro atoms. The highest BCUT2D eigenvalue weighted by Crippen LogP contribution is 2.19. The van der Waals surface area contributed by atoms with Gasteiger partial charge in [0.05, 0.1) is 24.6 Å². The van der Waals surface area contributed by atoms with Crippen molar-refractivity contribution in [3.63, 3.8) is 0 Å². The SMILES string of the molecule is COc1ccc2nc(CCNC(=O)Cc3c[nH]c4ccccc34)[nH]c2c1. The second-order valence-corrected chi connectivity index (χ2v) is 6.20. The number of nitrogens with one attached hydrogen (secondary N) is 3. The molecule has 0 aliphatic rings. The van der Waals surface area contributed by atoms with E-state index in [1.165, 1.54) is 0 Å². The molecule has 4 aromatic rings. The number of fused-ring (bicyclic) bond motifs is 2. The predicted molar refractivity (Wildman–Crippen MR) is 101 cm³/mol. The van der Waals surface area contributed by atoms with E-state index in [-0.39, 0.29) is 5.91 Å². The molecule has 0 saturated carbocycles. The molecule has 0 aliphatic carbocycles. The topological polar surface area (TPSA) is 82.8 Å². The lowest BCUT2D eigenvalue weighted by Crippen LogP contribution is -2.27. The van der Waals surface area contributed by atoms with E-state index in [1.807, 2.05) is 48.7 Å². The molecule has 2 heterocycles. The van der Waals surface area contributed by atoms with Gasteiger partial charge in [-0.05, 0) is 23.8 Å². The van der Waals surface area contributed by atoms with E-state index >= 15 is 0 Å². The maximum atomic E-state index is 12.2. The zero-order valence-electron chi connectivity index (χ0n) is 14.5. The van der Waals surface area contributed by atoms with E-state index in [4.69, 9.17) is 4.74 Å². The van der Waals surface area contributed by atoms with Crippen molar-refractivity contribution in [3.05, 3.63) is 60.0 Å². The minimum atomic E-state index is 0.00698. The van der Waals surface area contributed by atoms with Crippen LogP contribution < -0.4 is 10.1 Å². The van der Waals surface area contributed by atoms with Crippen LogP contribution in [0.25, 0.3) is 21.9 Å². The highest BCUT2D eigenvalue weighted by atomic mass is 16.5. The van der Waals surface area contributed by atoms with Crippen LogP contribution in [0.4, 0.5) is 0 Å². The number of hydrogen-bond donors (Lipinski definition) is 3. The minimum absolute atomic E-state index is 0.00698. The van der Waals surface area contributed by atoms with E-state index in [0.29, 0.717) is 19.4 Å². The number of nitrogens with zero attached hydrogens (tertiary/aromatic N) is 1. The number of hydrogen-bond acceptors (Lipinski definition) is 3. The fourth-order valence-electron chi connectivity index (χ4n) is 3.12. The molecule has 0 bridgehead atoms. The molecule has 6 heteroatoms. The van der Waals surface area contributed by atoms with E-state index in [1.54, 1.807) is 7.11 Å². The Hall–Kier alpha value is -3.28. The lowest BCUT2D eigenvalue weighted by atomic mass is 10.1. The van der Waals surface area contributed by atoms with Gasteiger partial charge in [0.1, 0.15) is 11.6 Å². The zero-order valence-corrected chi connectivity index (χ0v) is 14.5. The Balaban J connectivity index is 1.35. The summed E-state index contributed by atoms with van der Waals surface area (Å²) >= 11 is 0. The fourth-order valence-corrected chi connectivity index (χ4v) is 3.12. The van der Waals surface area contributed by atoms with Crippen molar-refractivity contribution in [2.45, 2.75) is 12.8 Å². The van der Waals surface area contributed by atoms with E-state index in [9.17, 15) is 4.79 Å². The fraction of sp³-hybridized carbons (Fsp3) is 0.200. The van der Waals surface area contributed by atoms with Crippen molar-refractivity contribution in [1.29, 1.82) is 0 Å². The summed E-state index contributed by atoms with van der Waals surface area (Å²) in [4.78, 5) is 23.2. The first-order chi connectivity index (χ1) is 12.7. The number of benzene rings is 2.